The number of rotatable bonds is 5. The number of nitrogens with one attached hydrogen (secondary N) is 1. The molecule has 0 saturated heterocycles. The highest BCUT2D eigenvalue weighted by molar-refractivity contribution is 7.92. The number of pyridine rings is 1. The molecule has 156 valence electrons. The Hall–Kier alpha value is -2.49. The lowest BCUT2D eigenvalue weighted by molar-refractivity contribution is -0.113. The monoisotopic (exact) mass is 463 g/mol. The van der Waals surface area contributed by atoms with Crippen LogP contribution in [0.25, 0.3) is 32.9 Å². The van der Waals surface area contributed by atoms with Gasteiger partial charge in [0.15, 0.2) is 17.5 Å². The van der Waals surface area contributed by atoms with E-state index in [1.54, 1.807) is 0 Å². The van der Waals surface area contributed by atoms with Crippen molar-refractivity contribution in [2.45, 2.75) is 20.8 Å². The third-order valence-corrected chi connectivity index (χ3v) is 5.57. The van der Waals surface area contributed by atoms with Gasteiger partial charge in [0.05, 0.1) is 21.6 Å². The van der Waals surface area contributed by atoms with E-state index in [1.165, 1.54) is 21.6 Å². The minimum atomic E-state index is -0.319. The quantitative estimate of drug-likeness (QED) is 0.361. The maximum atomic E-state index is 13.5. The smallest absolute Gasteiger partial charge is 0.241 e. The molecule has 0 unspecified atom stereocenters. The van der Waals surface area contributed by atoms with Crippen molar-refractivity contribution >= 4 is 56.5 Å². The third kappa shape index (κ3) is 4.63. The molecule has 0 aliphatic carbocycles. The van der Waals surface area contributed by atoms with E-state index in [4.69, 9.17) is 11.6 Å². The Balaban J connectivity index is 0.00000124. The summed E-state index contributed by atoms with van der Waals surface area (Å²) in [5.41, 5.74) is 4.21. The van der Waals surface area contributed by atoms with Crippen molar-refractivity contribution in [2.75, 3.05) is 11.2 Å². The molecule has 0 radical (unpaired) electrons. The number of thiazole rings is 1. The van der Waals surface area contributed by atoms with Gasteiger partial charge in [-0.2, -0.15) is 0 Å². The standard InChI is InChI=1S/C18H13ClFN5OS2.C2H6/c1-10-3-2-4-13(22-10)16-17(25(28-20)9-21-16)11-5-6-12-14(7-11)27-18(23-12)24-15(26)8-19;1-2/h2-7,9H,8H2,1H3,(H,23,24,26);1-2H3. The molecule has 6 nitrogen and oxygen atoms in total. The first-order chi connectivity index (χ1) is 14.6. The summed E-state index contributed by atoms with van der Waals surface area (Å²) in [5, 5.41) is 3.11. The number of nitrogens with zero attached hydrogens (tertiary/aromatic N) is 4. The van der Waals surface area contributed by atoms with Crippen LogP contribution in [0, 0.1) is 6.92 Å². The molecule has 30 heavy (non-hydrogen) atoms. The van der Waals surface area contributed by atoms with Crippen molar-refractivity contribution < 1.29 is 8.68 Å². The van der Waals surface area contributed by atoms with E-state index in [0.29, 0.717) is 22.2 Å². The molecule has 1 aromatic carbocycles. The van der Waals surface area contributed by atoms with Crippen molar-refractivity contribution in [3.63, 3.8) is 0 Å². The minimum Gasteiger partial charge on any atom is -0.301 e. The number of hydrogen-bond donors (Lipinski definition) is 1. The second-order valence-electron chi connectivity index (χ2n) is 5.88. The van der Waals surface area contributed by atoms with Crippen molar-refractivity contribution in [1.82, 2.24) is 18.9 Å². The van der Waals surface area contributed by atoms with Gasteiger partial charge in [0.1, 0.15) is 17.9 Å². The molecule has 1 N–H and O–H groups in total. The van der Waals surface area contributed by atoms with Crippen LogP contribution in [-0.2, 0) is 4.79 Å². The average molecular weight is 464 g/mol. The molecular formula is C20H19ClFN5OS2. The number of carbonyl (C=O) groups is 1. The molecule has 4 aromatic rings. The van der Waals surface area contributed by atoms with Crippen LogP contribution >= 0.6 is 35.3 Å². The molecule has 1 amide bonds. The van der Waals surface area contributed by atoms with Crippen LogP contribution in [0.1, 0.15) is 19.5 Å². The summed E-state index contributed by atoms with van der Waals surface area (Å²) >= 11 is 6.92. The number of anilines is 1. The Kier molecular flexibility index (Phi) is 7.41. The van der Waals surface area contributed by atoms with Crippen LogP contribution in [-0.4, -0.2) is 30.7 Å². The van der Waals surface area contributed by atoms with Gasteiger partial charge in [-0.25, -0.2) is 13.9 Å². The first kappa shape index (κ1) is 22.2. The van der Waals surface area contributed by atoms with Gasteiger partial charge in [0, 0.05) is 11.3 Å². The summed E-state index contributed by atoms with van der Waals surface area (Å²) in [5.74, 6) is -0.457. The molecule has 0 saturated carbocycles. The summed E-state index contributed by atoms with van der Waals surface area (Å²) in [4.78, 5) is 24.7. The second-order valence-corrected chi connectivity index (χ2v) is 7.71. The molecule has 3 aromatic heterocycles. The van der Waals surface area contributed by atoms with E-state index < -0.39 is 0 Å². The van der Waals surface area contributed by atoms with Crippen LogP contribution in [0.3, 0.4) is 0 Å². The Morgan fingerprint density at radius 3 is 2.77 bits per heavy atom. The number of amides is 1. The lowest BCUT2D eigenvalue weighted by Crippen LogP contribution is -2.11. The highest BCUT2D eigenvalue weighted by Gasteiger charge is 2.18. The molecule has 0 spiro atoms. The van der Waals surface area contributed by atoms with E-state index in [1.807, 2.05) is 57.2 Å². The first-order valence-electron chi connectivity index (χ1n) is 9.16. The van der Waals surface area contributed by atoms with Gasteiger partial charge < -0.3 is 5.32 Å². The molecular weight excluding hydrogens is 445 g/mol. The second kappa shape index (κ2) is 10.0. The van der Waals surface area contributed by atoms with E-state index >= 15 is 0 Å². The van der Waals surface area contributed by atoms with E-state index in [2.05, 4.69) is 20.3 Å². The lowest BCUT2D eigenvalue weighted by atomic mass is 10.1. The Bertz CT molecular complexity index is 1180. The summed E-state index contributed by atoms with van der Waals surface area (Å²) < 4.78 is 15.7. The zero-order valence-corrected chi connectivity index (χ0v) is 18.9. The van der Waals surface area contributed by atoms with E-state index in [9.17, 15) is 8.68 Å². The van der Waals surface area contributed by atoms with E-state index in [-0.39, 0.29) is 24.1 Å². The van der Waals surface area contributed by atoms with Crippen LogP contribution in [0.2, 0.25) is 0 Å². The summed E-state index contributed by atoms with van der Waals surface area (Å²) in [6.07, 6.45) is 1.43. The zero-order valence-electron chi connectivity index (χ0n) is 16.5. The largest absolute Gasteiger partial charge is 0.301 e. The third-order valence-electron chi connectivity index (χ3n) is 3.97. The number of halogens is 2. The number of aromatic nitrogens is 4. The summed E-state index contributed by atoms with van der Waals surface area (Å²) in [7, 11) is 0. The maximum absolute atomic E-state index is 13.5. The number of alkyl halides is 1. The highest BCUT2D eigenvalue weighted by Crippen LogP contribution is 2.36. The molecule has 0 fully saturated rings. The average Bonchev–Trinajstić information content (AvgIpc) is 3.37. The van der Waals surface area contributed by atoms with Crippen LogP contribution in [0.15, 0.2) is 42.7 Å². The van der Waals surface area contributed by atoms with Crippen molar-refractivity contribution in [3.05, 3.63) is 48.4 Å². The van der Waals surface area contributed by atoms with Crippen LogP contribution < -0.4 is 5.32 Å². The molecule has 0 aliphatic heterocycles. The van der Waals surface area contributed by atoms with Crippen molar-refractivity contribution in [2.24, 2.45) is 0 Å². The molecule has 0 bridgehead atoms. The van der Waals surface area contributed by atoms with Gasteiger partial charge in [0.2, 0.25) is 5.91 Å². The van der Waals surface area contributed by atoms with Gasteiger partial charge in [-0.15, -0.1) is 15.5 Å². The zero-order chi connectivity index (χ0) is 21.7. The van der Waals surface area contributed by atoms with Crippen LogP contribution in [0.4, 0.5) is 9.02 Å². The number of imidazole rings is 1. The molecule has 10 heteroatoms. The SMILES string of the molecule is CC.Cc1cccc(-c2ncn(SF)c2-c2ccc3nc(NC(=O)CCl)sc3c2)n1. The fourth-order valence-corrected chi connectivity index (χ4v) is 4.12. The van der Waals surface area contributed by atoms with Gasteiger partial charge in [-0.1, -0.05) is 37.3 Å². The Morgan fingerprint density at radius 1 is 1.27 bits per heavy atom. The van der Waals surface area contributed by atoms with Gasteiger partial charge in [0.25, 0.3) is 0 Å². The molecule has 0 aliphatic rings. The van der Waals surface area contributed by atoms with Gasteiger partial charge in [-0.3, -0.25) is 9.78 Å². The fraction of sp³-hybridized carbons (Fsp3) is 0.200. The lowest BCUT2D eigenvalue weighted by Gasteiger charge is -2.07. The minimum absolute atomic E-state index is 0.0745. The molecule has 4 rings (SSSR count). The van der Waals surface area contributed by atoms with E-state index in [0.717, 1.165) is 21.5 Å². The predicted octanol–water partition coefficient (Wildman–Crippen LogP) is 6.11. The molecule has 0 atom stereocenters. The number of carbonyl (C=O) groups excluding carboxylic acids is 1. The van der Waals surface area contributed by atoms with Crippen molar-refractivity contribution in [1.29, 1.82) is 0 Å². The van der Waals surface area contributed by atoms with Gasteiger partial charge >= 0.3 is 0 Å². The number of benzene rings is 1. The Morgan fingerprint density at radius 2 is 2.07 bits per heavy atom. The molecule has 3 heterocycles. The fourth-order valence-electron chi connectivity index (χ4n) is 2.79. The Labute approximate surface area is 187 Å². The summed E-state index contributed by atoms with van der Waals surface area (Å²) in [6, 6.07) is 11.2. The summed E-state index contributed by atoms with van der Waals surface area (Å²) in [6.45, 7) is 5.89. The highest BCUT2D eigenvalue weighted by atomic mass is 35.5. The number of aryl methyl sites for hydroxylation is 1. The number of fused-ring (bicyclic) bond motifs is 1. The topological polar surface area (TPSA) is 72.7 Å². The predicted molar refractivity (Wildman–Crippen MR) is 124 cm³/mol. The van der Waals surface area contributed by atoms with Crippen LogP contribution in [0.5, 0.6) is 0 Å². The normalized spacial score (nSPS) is 10.6. The number of hydrogen-bond acceptors (Lipinski definition) is 6. The maximum Gasteiger partial charge on any atom is 0.241 e. The van der Waals surface area contributed by atoms with Gasteiger partial charge in [-0.05, 0) is 31.2 Å². The van der Waals surface area contributed by atoms with Crippen molar-refractivity contribution in [3.8, 4) is 22.6 Å². The first-order valence-corrected chi connectivity index (χ1v) is 11.2.